The second-order valence-electron chi connectivity index (χ2n) is 2.78. The van der Waals surface area contributed by atoms with Gasteiger partial charge < -0.3 is 4.74 Å². The molecule has 6 heteroatoms. The molecule has 0 bridgehead atoms. The maximum Gasteiger partial charge on any atom is 0.172 e. The molecule has 0 aliphatic heterocycles. The fourth-order valence-electron chi connectivity index (χ4n) is 1.10. The minimum atomic E-state index is 0.523. The summed E-state index contributed by atoms with van der Waals surface area (Å²) in [6.45, 7) is 0. The van der Waals surface area contributed by atoms with Crippen LogP contribution in [-0.2, 0) is 0 Å². The van der Waals surface area contributed by atoms with Crippen LogP contribution in [0.5, 0.6) is 5.75 Å². The Bertz CT molecular complexity index is 486. The predicted molar refractivity (Wildman–Crippen MR) is 60.6 cm³/mol. The number of ether oxygens (including phenoxy) is 1. The third kappa shape index (κ3) is 2.13. The summed E-state index contributed by atoms with van der Waals surface area (Å²) in [5, 5.41) is 4.60. The van der Waals surface area contributed by atoms with Crippen molar-refractivity contribution in [1.82, 2.24) is 14.8 Å². The average molecular weight is 289 g/mol. The molecule has 2 heterocycles. The van der Waals surface area contributed by atoms with E-state index in [0.29, 0.717) is 16.6 Å². The third-order valence-corrected chi connectivity index (χ3v) is 2.51. The molecular weight excluding hydrogens is 281 g/mol. The van der Waals surface area contributed by atoms with Gasteiger partial charge in [0.05, 0.1) is 24.5 Å². The molecule has 0 saturated carbocycles. The fraction of sp³-hybridized carbons (Fsp3) is 0.111. The van der Waals surface area contributed by atoms with Gasteiger partial charge in [0.25, 0.3) is 0 Å². The first-order chi connectivity index (χ1) is 7.20. The summed E-state index contributed by atoms with van der Waals surface area (Å²) in [6.07, 6.45) is 4.97. The van der Waals surface area contributed by atoms with Gasteiger partial charge in [-0.3, -0.25) is 0 Å². The molecule has 15 heavy (non-hydrogen) atoms. The smallest absolute Gasteiger partial charge is 0.172 e. The Kier molecular flexibility index (Phi) is 2.93. The van der Waals surface area contributed by atoms with E-state index in [4.69, 9.17) is 16.3 Å². The van der Waals surface area contributed by atoms with Crippen LogP contribution in [0.25, 0.3) is 5.82 Å². The van der Waals surface area contributed by atoms with Crippen molar-refractivity contribution in [3.05, 3.63) is 34.2 Å². The lowest BCUT2D eigenvalue weighted by Gasteiger charge is -2.02. The molecule has 0 atom stereocenters. The van der Waals surface area contributed by atoms with Gasteiger partial charge in [-0.2, -0.15) is 5.10 Å². The van der Waals surface area contributed by atoms with Gasteiger partial charge >= 0.3 is 0 Å². The first-order valence-corrected chi connectivity index (χ1v) is 5.28. The zero-order chi connectivity index (χ0) is 10.8. The summed E-state index contributed by atoms with van der Waals surface area (Å²) in [4.78, 5) is 4.16. The molecule has 4 nitrogen and oxygen atoms in total. The highest BCUT2D eigenvalue weighted by molar-refractivity contribution is 9.10. The zero-order valence-corrected chi connectivity index (χ0v) is 10.2. The van der Waals surface area contributed by atoms with Crippen LogP contribution >= 0.6 is 27.5 Å². The van der Waals surface area contributed by atoms with E-state index < -0.39 is 0 Å². The SMILES string of the molecule is COc1cnn(-c2ncc(Br)cc2Cl)c1. The van der Waals surface area contributed by atoms with Crippen LogP contribution < -0.4 is 4.74 Å². The molecule has 2 rings (SSSR count). The van der Waals surface area contributed by atoms with E-state index in [0.717, 1.165) is 4.47 Å². The molecule has 0 fully saturated rings. The van der Waals surface area contributed by atoms with E-state index in [9.17, 15) is 0 Å². The van der Waals surface area contributed by atoms with Gasteiger partial charge in [0.15, 0.2) is 11.6 Å². The number of pyridine rings is 1. The number of halogens is 2. The van der Waals surface area contributed by atoms with Gasteiger partial charge in [0, 0.05) is 10.7 Å². The van der Waals surface area contributed by atoms with Crippen LogP contribution in [0, 0.1) is 0 Å². The van der Waals surface area contributed by atoms with Crippen molar-refractivity contribution in [3.63, 3.8) is 0 Å². The van der Waals surface area contributed by atoms with E-state index in [1.807, 2.05) is 0 Å². The number of hydrogen-bond acceptors (Lipinski definition) is 3. The summed E-state index contributed by atoms with van der Waals surface area (Å²) in [6, 6.07) is 1.76. The van der Waals surface area contributed by atoms with Crippen LogP contribution in [0.4, 0.5) is 0 Å². The fourth-order valence-corrected chi connectivity index (χ4v) is 1.82. The van der Waals surface area contributed by atoms with E-state index in [1.165, 1.54) is 0 Å². The van der Waals surface area contributed by atoms with Gasteiger partial charge in [0.1, 0.15) is 0 Å². The molecule has 0 saturated heterocycles. The molecule has 0 spiro atoms. The highest BCUT2D eigenvalue weighted by Crippen LogP contribution is 2.22. The van der Waals surface area contributed by atoms with Crippen molar-refractivity contribution in [3.8, 4) is 11.6 Å². The lowest BCUT2D eigenvalue weighted by Crippen LogP contribution is -1.98. The largest absolute Gasteiger partial charge is 0.493 e. The number of nitrogens with zero attached hydrogens (tertiary/aromatic N) is 3. The van der Waals surface area contributed by atoms with E-state index in [2.05, 4.69) is 26.0 Å². The summed E-state index contributed by atoms with van der Waals surface area (Å²) in [5.74, 6) is 1.24. The first-order valence-electron chi connectivity index (χ1n) is 4.11. The summed E-state index contributed by atoms with van der Waals surface area (Å²) < 4.78 is 7.41. The molecule has 0 amide bonds. The van der Waals surface area contributed by atoms with E-state index in [-0.39, 0.29) is 0 Å². The third-order valence-electron chi connectivity index (χ3n) is 1.80. The second kappa shape index (κ2) is 4.20. The summed E-state index contributed by atoms with van der Waals surface area (Å²) >= 11 is 9.31. The topological polar surface area (TPSA) is 39.9 Å². The van der Waals surface area contributed by atoms with Gasteiger partial charge in [-0.1, -0.05) is 11.6 Å². The molecule has 0 N–H and O–H groups in total. The zero-order valence-electron chi connectivity index (χ0n) is 7.82. The number of rotatable bonds is 2. The van der Waals surface area contributed by atoms with E-state index in [1.54, 1.807) is 36.4 Å². The van der Waals surface area contributed by atoms with Crippen molar-refractivity contribution >= 4 is 27.5 Å². The monoisotopic (exact) mass is 287 g/mol. The Morgan fingerprint density at radius 3 is 2.87 bits per heavy atom. The van der Waals surface area contributed by atoms with Crippen LogP contribution in [0.3, 0.4) is 0 Å². The number of aromatic nitrogens is 3. The molecule has 0 aliphatic carbocycles. The second-order valence-corrected chi connectivity index (χ2v) is 4.11. The van der Waals surface area contributed by atoms with Gasteiger partial charge in [-0.05, 0) is 22.0 Å². The number of hydrogen-bond donors (Lipinski definition) is 0. The van der Waals surface area contributed by atoms with Crippen molar-refractivity contribution in [2.75, 3.05) is 7.11 Å². The quantitative estimate of drug-likeness (QED) is 0.853. The van der Waals surface area contributed by atoms with Crippen molar-refractivity contribution < 1.29 is 4.74 Å². The standard InChI is InChI=1S/C9H7BrClN3O/c1-15-7-4-13-14(5-7)9-8(11)2-6(10)3-12-9/h2-5H,1H3. The lowest BCUT2D eigenvalue weighted by atomic mass is 10.4. The highest BCUT2D eigenvalue weighted by atomic mass is 79.9. The van der Waals surface area contributed by atoms with Gasteiger partial charge in [0.2, 0.25) is 0 Å². The normalized spacial score (nSPS) is 10.3. The maximum absolute atomic E-state index is 6.02. The minimum Gasteiger partial charge on any atom is -0.493 e. The molecule has 0 unspecified atom stereocenters. The van der Waals surface area contributed by atoms with Gasteiger partial charge in [-0.25, -0.2) is 9.67 Å². The Labute approximate surface area is 100.0 Å². The average Bonchev–Trinajstić information content (AvgIpc) is 2.66. The molecule has 0 radical (unpaired) electrons. The van der Waals surface area contributed by atoms with Crippen LogP contribution in [0.15, 0.2) is 29.1 Å². The van der Waals surface area contributed by atoms with Crippen LogP contribution in [-0.4, -0.2) is 21.9 Å². The van der Waals surface area contributed by atoms with Crippen LogP contribution in [0.2, 0.25) is 5.02 Å². The van der Waals surface area contributed by atoms with Crippen molar-refractivity contribution in [2.24, 2.45) is 0 Å². The number of methoxy groups -OCH3 is 1. The molecule has 0 aromatic carbocycles. The molecular formula is C9H7BrClN3O. The first kappa shape index (κ1) is 10.4. The summed E-state index contributed by atoms with van der Waals surface area (Å²) in [7, 11) is 1.58. The molecule has 0 aliphatic rings. The Hall–Kier alpha value is -1.07. The van der Waals surface area contributed by atoms with Crippen molar-refractivity contribution in [2.45, 2.75) is 0 Å². The van der Waals surface area contributed by atoms with Crippen LogP contribution in [0.1, 0.15) is 0 Å². The lowest BCUT2D eigenvalue weighted by molar-refractivity contribution is 0.414. The highest BCUT2D eigenvalue weighted by Gasteiger charge is 2.07. The summed E-state index contributed by atoms with van der Waals surface area (Å²) in [5.41, 5.74) is 0. The molecule has 2 aromatic heterocycles. The van der Waals surface area contributed by atoms with Gasteiger partial charge in [-0.15, -0.1) is 0 Å². The maximum atomic E-state index is 6.02. The van der Waals surface area contributed by atoms with E-state index >= 15 is 0 Å². The minimum absolute atomic E-state index is 0.523. The Morgan fingerprint density at radius 2 is 2.27 bits per heavy atom. The van der Waals surface area contributed by atoms with Crippen molar-refractivity contribution in [1.29, 1.82) is 0 Å². The predicted octanol–water partition coefficient (Wildman–Crippen LogP) is 2.69. The molecule has 2 aromatic rings. The Morgan fingerprint density at radius 1 is 1.47 bits per heavy atom. The molecule has 78 valence electrons. The Balaban J connectivity index is 2.44.